The molecule has 39 heavy (non-hydrogen) atoms. The molecule has 206 valence electrons. The first kappa shape index (κ1) is 25.9. The van der Waals surface area contributed by atoms with Crippen LogP contribution in [0.15, 0.2) is 41.5 Å². The Balaban J connectivity index is 1.19. The molecule has 9 nitrogen and oxygen atoms in total. The van der Waals surface area contributed by atoms with Crippen LogP contribution in [0.1, 0.15) is 82.6 Å². The van der Waals surface area contributed by atoms with Crippen molar-refractivity contribution in [3.63, 3.8) is 0 Å². The molecule has 1 aliphatic heterocycles. The van der Waals surface area contributed by atoms with E-state index in [0.29, 0.717) is 23.1 Å². The lowest BCUT2D eigenvalue weighted by Crippen LogP contribution is -2.55. The van der Waals surface area contributed by atoms with E-state index in [2.05, 4.69) is 56.4 Å². The second-order valence-electron chi connectivity index (χ2n) is 12.3. The quantitative estimate of drug-likeness (QED) is 0.464. The highest BCUT2D eigenvalue weighted by molar-refractivity contribution is 5.74. The van der Waals surface area contributed by atoms with Gasteiger partial charge in [-0.15, -0.1) is 0 Å². The number of carbonyl (C=O) groups excluding carboxylic acids is 1. The highest BCUT2D eigenvalue weighted by Crippen LogP contribution is 2.68. The minimum Gasteiger partial charge on any atom is -0.348 e. The molecule has 1 saturated heterocycles. The van der Waals surface area contributed by atoms with Gasteiger partial charge in [0.2, 0.25) is 11.9 Å². The zero-order chi connectivity index (χ0) is 27.3. The van der Waals surface area contributed by atoms with E-state index in [1.54, 1.807) is 17.7 Å². The van der Waals surface area contributed by atoms with Crippen LogP contribution in [0, 0.1) is 11.3 Å². The van der Waals surface area contributed by atoms with Crippen molar-refractivity contribution < 1.29 is 4.79 Å². The van der Waals surface area contributed by atoms with E-state index < -0.39 is 0 Å². The first-order valence-corrected chi connectivity index (χ1v) is 14.3. The second kappa shape index (κ2) is 10.0. The molecule has 0 radical (unpaired) electrons. The van der Waals surface area contributed by atoms with Gasteiger partial charge in [0.25, 0.3) is 0 Å². The fourth-order valence-corrected chi connectivity index (χ4v) is 6.89. The van der Waals surface area contributed by atoms with E-state index in [0.717, 1.165) is 43.0 Å². The molecule has 1 N–H and O–H groups in total. The molecule has 2 bridgehead atoms. The molecule has 1 unspecified atom stereocenters. The van der Waals surface area contributed by atoms with Crippen LogP contribution in [0.3, 0.4) is 0 Å². The number of rotatable bonds is 8. The van der Waals surface area contributed by atoms with Gasteiger partial charge in [0.1, 0.15) is 0 Å². The number of fused-ring (bicyclic) bond motifs is 1. The van der Waals surface area contributed by atoms with Gasteiger partial charge < -0.3 is 10.2 Å². The Labute approximate surface area is 229 Å². The summed E-state index contributed by atoms with van der Waals surface area (Å²) >= 11 is 0. The third-order valence-electron chi connectivity index (χ3n) is 9.22. The first-order valence-electron chi connectivity index (χ1n) is 14.3. The summed E-state index contributed by atoms with van der Waals surface area (Å²) in [6, 6.07) is 9.32. The van der Waals surface area contributed by atoms with Gasteiger partial charge in [0, 0.05) is 57.6 Å². The molecule has 2 atom stereocenters. The number of carbonyl (C=O) groups is 1. The molecule has 3 saturated carbocycles. The summed E-state index contributed by atoms with van der Waals surface area (Å²) in [4.78, 5) is 41.9. The van der Waals surface area contributed by atoms with Crippen LogP contribution in [0.4, 0.5) is 5.95 Å². The summed E-state index contributed by atoms with van der Waals surface area (Å²) < 4.78 is 1.60. The smallest absolute Gasteiger partial charge is 0.348 e. The summed E-state index contributed by atoms with van der Waals surface area (Å²) in [6.07, 6.45) is 8.64. The second-order valence-corrected chi connectivity index (χ2v) is 12.3. The number of hydrogen-bond donors (Lipinski definition) is 1. The summed E-state index contributed by atoms with van der Waals surface area (Å²) in [7, 11) is 0. The lowest BCUT2D eigenvalue weighted by Gasteiger charge is -2.64. The molecule has 7 rings (SSSR count). The highest BCUT2D eigenvalue weighted by Gasteiger charge is 2.57. The van der Waals surface area contributed by atoms with Gasteiger partial charge in [-0.05, 0) is 68.9 Å². The fraction of sp³-hybridized carbons (Fsp3) is 0.567. The van der Waals surface area contributed by atoms with Crippen molar-refractivity contribution in [1.29, 1.82) is 0 Å². The van der Waals surface area contributed by atoms with Gasteiger partial charge in [-0.2, -0.15) is 4.98 Å². The number of nitrogens with one attached hydrogen (secondary N) is 1. The van der Waals surface area contributed by atoms with Gasteiger partial charge in [-0.3, -0.25) is 14.3 Å². The van der Waals surface area contributed by atoms with Crippen LogP contribution in [0.25, 0.3) is 11.0 Å². The molecule has 0 spiro atoms. The predicted octanol–water partition coefficient (Wildman–Crippen LogP) is 4.34. The van der Waals surface area contributed by atoms with Gasteiger partial charge >= 0.3 is 5.69 Å². The van der Waals surface area contributed by atoms with Crippen molar-refractivity contribution in [2.75, 3.05) is 31.5 Å². The van der Waals surface area contributed by atoms with Crippen LogP contribution < -0.4 is 11.0 Å². The zero-order valence-corrected chi connectivity index (χ0v) is 23.4. The molecule has 9 heteroatoms. The van der Waals surface area contributed by atoms with Crippen LogP contribution in [0.2, 0.25) is 0 Å². The Morgan fingerprint density at radius 1 is 1.00 bits per heavy atom. The topological polar surface area (TPSA) is 96.3 Å². The van der Waals surface area contributed by atoms with Gasteiger partial charge in [0.15, 0.2) is 5.65 Å². The number of aromatic nitrogens is 4. The molecule has 3 aliphatic carbocycles. The summed E-state index contributed by atoms with van der Waals surface area (Å²) in [6.45, 7) is 11.2. The van der Waals surface area contributed by atoms with Crippen molar-refractivity contribution in [3.05, 3.63) is 58.3 Å². The first-order chi connectivity index (χ1) is 18.7. The standard InChI is InChI=1S/C30H39N7O2/c1-19(2)37-27-25(18-32-29(37)39)17-31-28(34-27)33-20(3)23-5-7-24(8-6-23)26(16-30-13-22(14-30)15-30)36-11-9-35(10-12-36)21(4)38/h5-8,17-20,22,26H,9-16H2,1-4H3,(H,31,33,34)/t20-,22?,26?,30?/m0/s1. The third-order valence-corrected chi connectivity index (χ3v) is 9.22. The van der Waals surface area contributed by atoms with Crippen molar-refractivity contribution >= 4 is 22.9 Å². The molecule has 1 aromatic carbocycles. The van der Waals surface area contributed by atoms with Gasteiger partial charge in [-0.1, -0.05) is 24.3 Å². The Morgan fingerprint density at radius 2 is 1.64 bits per heavy atom. The Bertz CT molecular complexity index is 1410. The molecule has 3 aromatic rings. The number of nitrogens with zero attached hydrogens (tertiary/aromatic N) is 6. The SMILES string of the molecule is CC(=O)N1CCN(C(CC23CC(C2)C3)c2ccc([C@H](C)Nc3ncc4cnc(=O)n(C(C)C)c4n3)cc2)CC1. The minimum absolute atomic E-state index is 0.00673. The number of benzene rings is 1. The number of anilines is 1. The van der Waals surface area contributed by atoms with Crippen molar-refractivity contribution in [1.82, 2.24) is 29.3 Å². The number of amides is 1. The van der Waals surface area contributed by atoms with Crippen LogP contribution in [-0.4, -0.2) is 61.4 Å². The van der Waals surface area contributed by atoms with E-state index in [9.17, 15) is 9.59 Å². The molecule has 4 aliphatic rings. The average Bonchev–Trinajstić information content (AvgIpc) is 2.87. The van der Waals surface area contributed by atoms with Crippen LogP contribution in [-0.2, 0) is 4.79 Å². The molecule has 1 amide bonds. The minimum atomic E-state index is -0.304. The lowest BCUT2D eigenvalue weighted by atomic mass is 9.42. The monoisotopic (exact) mass is 529 g/mol. The Hall–Kier alpha value is -3.33. The highest BCUT2D eigenvalue weighted by atomic mass is 16.2. The predicted molar refractivity (Wildman–Crippen MR) is 151 cm³/mol. The largest absolute Gasteiger partial charge is 0.349 e. The van der Waals surface area contributed by atoms with Gasteiger partial charge in [-0.25, -0.2) is 14.8 Å². The lowest BCUT2D eigenvalue weighted by molar-refractivity contribution is -0.136. The zero-order valence-electron chi connectivity index (χ0n) is 23.4. The normalized spacial score (nSPS) is 24.2. The van der Waals surface area contributed by atoms with E-state index in [1.807, 2.05) is 18.7 Å². The maximum atomic E-state index is 12.3. The van der Waals surface area contributed by atoms with Crippen molar-refractivity contribution in [2.24, 2.45) is 11.3 Å². The van der Waals surface area contributed by atoms with E-state index in [4.69, 9.17) is 0 Å². The number of hydrogen-bond acceptors (Lipinski definition) is 7. The molecule has 2 aromatic heterocycles. The Kier molecular flexibility index (Phi) is 6.65. The fourth-order valence-electron chi connectivity index (χ4n) is 6.89. The van der Waals surface area contributed by atoms with Crippen LogP contribution in [0.5, 0.6) is 0 Å². The third kappa shape index (κ3) is 4.93. The summed E-state index contributed by atoms with van der Waals surface area (Å²) in [5.41, 5.74) is 3.35. The molecule has 3 heterocycles. The van der Waals surface area contributed by atoms with Crippen LogP contribution >= 0.6 is 0 Å². The van der Waals surface area contributed by atoms with E-state index in [-0.39, 0.29) is 23.7 Å². The van der Waals surface area contributed by atoms with Crippen molar-refractivity contribution in [2.45, 2.75) is 71.5 Å². The summed E-state index contributed by atoms with van der Waals surface area (Å²) in [5, 5.41) is 4.16. The maximum Gasteiger partial charge on any atom is 0.349 e. The Morgan fingerprint density at radius 3 is 2.23 bits per heavy atom. The number of piperazine rings is 1. The molecular formula is C30H39N7O2. The molecule has 4 fully saturated rings. The maximum absolute atomic E-state index is 12.3. The average molecular weight is 530 g/mol. The molecular weight excluding hydrogens is 490 g/mol. The van der Waals surface area contributed by atoms with E-state index in [1.165, 1.54) is 37.4 Å². The van der Waals surface area contributed by atoms with Crippen molar-refractivity contribution in [3.8, 4) is 0 Å². The van der Waals surface area contributed by atoms with E-state index >= 15 is 0 Å². The van der Waals surface area contributed by atoms with Gasteiger partial charge in [0.05, 0.1) is 11.4 Å². The summed E-state index contributed by atoms with van der Waals surface area (Å²) in [5.74, 6) is 1.64.